The highest BCUT2D eigenvalue weighted by Gasteiger charge is 2.12. The van der Waals surface area contributed by atoms with Gasteiger partial charge in [0.05, 0.1) is 22.0 Å². The molecule has 0 unspecified atom stereocenters. The fraction of sp³-hybridized carbons (Fsp3) is 0.0588. The van der Waals surface area contributed by atoms with E-state index in [1.807, 2.05) is 13.0 Å². The van der Waals surface area contributed by atoms with Crippen molar-refractivity contribution in [3.8, 4) is 16.9 Å². The molecule has 1 amide bonds. The quantitative estimate of drug-likeness (QED) is 0.589. The maximum absolute atomic E-state index is 11.2. The van der Waals surface area contributed by atoms with Crippen LogP contribution < -0.4 is 5.73 Å². The molecule has 0 aliphatic heterocycles. The minimum Gasteiger partial charge on any atom is -0.366 e. The Morgan fingerprint density at radius 1 is 1.12 bits per heavy atom. The smallest absolute Gasteiger partial charge is 0.269 e. The fourth-order valence-corrected chi connectivity index (χ4v) is 2.42. The molecule has 7 nitrogen and oxygen atoms in total. The van der Waals surface area contributed by atoms with E-state index in [2.05, 4.69) is 5.10 Å². The molecule has 3 aromatic rings. The molecule has 0 atom stereocenters. The van der Waals surface area contributed by atoms with Gasteiger partial charge in [0.1, 0.15) is 0 Å². The van der Waals surface area contributed by atoms with Gasteiger partial charge in [-0.25, -0.2) is 4.68 Å². The number of aromatic nitrogens is 2. The summed E-state index contributed by atoms with van der Waals surface area (Å²) in [6.07, 6.45) is 0. The van der Waals surface area contributed by atoms with Gasteiger partial charge in [-0.15, -0.1) is 0 Å². The maximum Gasteiger partial charge on any atom is 0.269 e. The number of hydrogen-bond acceptors (Lipinski definition) is 4. The summed E-state index contributed by atoms with van der Waals surface area (Å²) in [5.74, 6) is -0.492. The molecule has 0 saturated carbocycles. The highest BCUT2D eigenvalue weighted by atomic mass is 16.6. The molecule has 120 valence electrons. The molecule has 0 saturated heterocycles. The Kier molecular flexibility index (Phi) is 3.83. The number of aryl methyl sites for hydroxylation is 1. The van der Waals surface area contributed by atoms with Crippen molar-refractivity contribution in [1.82, 2.24) is 9.78 Å². The van der Waals surface area contributed by atoms with Crippen molar-refractivity contribution >= 4 is 11.6 Å². The van der Waals surface area contributed by atoms with Crippen LogP contribution in [0.5, 0.6) is 0 Å². The Morgan fingerprint density at radius 3 is 2.29 bits per heavy atom. The van der Waals surface area contributed by atoms with Gasteiger partial charge in [-0.05, 0) is 49.4 Å². The molecule has 0 radical (unpaired) electrons. The molecule has 2 aromatic carbocycles. The van der Waals surface area contributed by atoms with Gasteiger partial charge in [-0.1, -0.05) is 0 Å². The van der Waals surface area contributed by atoms with Crippen LogP contribution >= 0.6 is 0 Å². The Hall–Kier alpha value is -3.48. The first-order chi connectivity index (χ1) is 11.5. The lowest BCUT2D eigenvalue weighted by Gasteiger charge is -2.08. The van der Waals surface area contributed by atoms with Gasteiger partial charge in [0.25, 0.3) is 5.69 Å². The number of primary amides is 1. The Labute approximate surface area is 137 Å². The first-order valence-electron chi connectivity index (χ1n) is 7.17. The lowest BCUT2D eigenvalue weighted by molar-refractivity contribution is -0.384. The third kappa shape index (κ3) is 2.87. The fourth-order valence-electron chi connectivity index (χ4n) is 2.42. The molecular formula is C17H14N4O3. The third-order valence-electron chi connectivity index (χ3n) is 3.60. The van der Waals surface area contributed by atoms with Crippen LogP contribution in [0.2, 0.25) is 0 Å². The van der Waals surface area contributed by atoms with E-state index in [0.29, 0.717) is 5.56 Å². The zero-order valence-corrected chi connectivity index (χ0v) is 12.8. The molecule has 0 fully saturated rings. The minimum absolute atomic E-state index is 0.0346. The number of nitrogens with two attached hydrogens (primary N) is 1. The van der Waals surface area contributed by atoms with Crippen molar-refractivity contribution in [2.75, 3.05) is 0 Å². The van der Waals surface area contributed by atoms with E-state index in [-0.39, 0.29) is 5.69 Å². The van der Waals surface area contributed by atoms with Crippen molar-refractivity contribution in [3.63, 3.8) is 0 Å². The van der Waals surface area contributed by atoms with Crippen LogP contribution in [-0.2, 0) is 0 Å². The number of carbonyl (C=O) groups is 1. The van der Waals surface area contributed by atoms with Crippen molar-refractivity contribution in [2.45, 2.75) is 6.92 Å². The molecule has 24 heavy (non-hydrogen) atoms. The van der Waals surface area contributed by atoms with Crippen LogP contribution in [0, 0.1) is 17.0 Å². The summed E-state index contributed by atoms with van der Waals surface area (Å²) < 4.78 is 1.72. The average molecular weight is 322 g/mol. The molecule has 0 bridgehead atoms. The van der Waals surface area contributed by atoms with E-state index in [4.69, 9.17) is 5.73 Å². The molecule has 7 heteroatoms. The number of hydrogen-bond donors (Lipinski definition) is 1. The number of rotatable bonds is 4. The number of nitro groups is 1. The molecule has 0 aliphatic carbocycles. The number of nitro benzene ring substituents is 1. The molecule has 3 rings (SSSR count). The zero-order chi connectivity index (χ0) is 17.3. The van der Waals surface area contributed by atoms with Gasteiger partial charge in [0.15, 0.2) is 0 Å². The summed E-state index contributed by atoms with van der Waals surface area (Å²) in [5, 5.41) is 15.2. The second kappa shape index (κ2) is 5.96. The van der Waals surface area contributed by atoms with Crippen LogP contribution in [0.4, 0.5) is 5.69 Å². The summed E-state index contributed by atoms with van der Waals surface area (Å²) in [5.41, 5.74) is 8.88. The van der Waals surface area contributed by atoms with E-state index in [1.165, 1.54) is 12.1 Å². The first kappa shape index (κ1) is 15.4. The van der Waals surface area contributed by atoms with Crippen LogP contribution in [0.15, 0.2) is 54.6 Å². The molecule has 0 spiro atoms. The average Bonchev–Trinajstić information content (AvgIpc) is 2.97. The highest BCUT2D eigenvalue weighted by Crippen LogP contribution is 2.26. The summed E-state index contributed by atoms with van der Waals surface area (Å²) in [7, 11) is 0. The normalized spacial score (nSPS) is 10.5. The molecule has 1 heterocycles. The van der Waals surface area contributed by atoms with Crippen molar-refractivity contribution in [1.29, 1.82) is 0 Å². The van der Waals surface area contributed by atoms with Crippen molar-refractivity contribution in [2.24, 2.45) is 5.73 Å². The molecule has 0 aliphatic rings. The Morgan fingerprint density at radius 2 is 1.75 bits per heavy atom. The van der Waals surface area contributed by atoms with Crippen molar-refractivity contribution in [3.05, 3.63) is 76.0 Å². The summed E-state index contributed by atoms with van der Waals surface area (Å²) in [6, 6.07) is 14.9. The van der Waals surface area contributed by atoms with Gasteiger partial charge in [-0.3, -0.25) is 14.9 Å². The summed E-state index contributed by atoms with van der Waals surface area (Å²) in [6.45, 7) is 1.86. The predicted molar refractivity (Wildman–Crippen MR) is 88.9 cm³/mol. The van der Waals surface area contributed by atoms with E-state index < -0.39 is 10.8 Å². The second-order valence-corrected chi connectivity index (χ2v) is 5.30. The van der Waals surface area contributed by atoms with Gasteiger partial charge in [0.2, 0.25) is 5.91 Å². The second-order valence-electron chi connectivity index (χ2n) is 5.30. The number of carbonyl (C=O) groups excluding carboxylic acids is 1. The maximum atomic E-state index is 11.2. The zero-order valence-electron chi connectivity index (χ0n) is 12.8. The standard InChI is InChI=1S/C17H14N4O3/c1-11-10-16(12-2-8-15(9-3-12)21(23)24)20(19-11)14-6-4-13(5-7-14)17(18)22/h2-10H,1H3,(H2,18,22). The van der Waals surface area contributed by atoms with E-state index in [9.17, 15) is 14.9 Å². The monoisotopic (exact) mass is 322 g/mol. The summed E-state index contributed by atoms with van der Waals surface area (Å²) >= 11 is 0. The molecule has 1 aromatic heterocycles. The lowest BCUT2D eigenvalue weighted by atomic mass is 10.1. The van der Waals surface area contributed by atoms with Gasteiger partial charge in [0, 0.05) is 23.3 Å². The lowest BCUT2D eigenvalue weighted by Crippen LogP contribution is -2.10. The number of nitrogens with zero attached hydrogens (tertiary/aromatic N) is 3. The van der Waals surface area contributed by atoms with Crippen LogP contribution in [0.3, 0.4) is 0 Å². The summed E-state index contributed by atoms with van der Waals surface area (Å²) in [4.78, 5) is 21.5. The van der Waals surface area contributed by atoms with Gasteiger partial charge in [-0.2, -0.15) is 5.10 Å². The number of non-ortho nitro benzene ring substituents is 1. The molecular weight excluding hydrogens is 308 g/mol. The SMILES string of the molecule is Cc1cc(-c2ccc([N+](=O)[O-])cc2)n(-c2ccc(C(N)=O)cc2)n1. The van der Waals surface area contributed by atoms with Crippen LogP contribution in [0.25, 0.3) is 16.9 Å². The van der Waals surface area contributed by atoms with E-state index >= 15 is 0 Å². The van der Waals surface area contributed by atoms with E-state index in [1.54, 1.807) is 41.1 Å². The number of benzene rings is 2. The third-order valence-corrected chi connectivity index (χ3v) is 3.60. The molecule has 2 N–H and O–H groups in total. The Bertz CT molecular complexity index is 837. The van der Waals surface area contributed by atoms with Crippen molar-refractivity contribution < 1.29 is 9.72 Å². The number of amides is 1. The first-order valence-corrected chi connectivity index (χ1v) is 7.17. The topological polar surface area (TPSA) is 104 Å². The minimum atomic E-state index is -0.492. The predicted octanol–water partition coefficient (Wildman–Crippen LogP) is 2.85. The van der Waals surface area contributed by atoms with E-state index in [0.717, 1.165) is 22.6 Å². The van der Waals surface area contributed by atoms with Gasteiger partial charge < -0.3 is 5.73 Å². The van der Waals surface area contributed by atoms with Gasteiger partial charge >= 0.3 is 0 Å². The highest BCUT2D eigenvalue weighted by molar-refractivity contribution is 5.92. The largest absolute Gasteiger partial charge is 0.366 e. The Balaban J connectivity index is 2.04. The van der Waals surface area contributed by atoms with Crippen LogP contribution in [0.1, 0.15) is 16.1 Å². The van der Waals surface area contributed by atoms with Crippen LogP contribution in [-0.4, -0.2) is 20.6 Å².